The molecule has 102 valence electrons. The molecule has 0 saturated carbocycles. The van der Waals surface area contributed by atoms with E-state index in [1.807, 2.05) is 25.4 Å². The van der Waals surface area contributed by atoms with E-state index in [0.29, 0.717) is 6.61 Å². The van der Waals surface area contributed by atoms with Crippen molar-refractivity contribution in [3.63, 3.8) is 0 Å². The fourth-order valence-corrected chi connectivity index (χ4v) is 1.94. The first-order chi connectivity index (χ1) is 9.35. The summed E-state index contributed by atoms with van der Waals surface area (Å²) in [7, 11) is 0. The molecule has 2 heterocycles. The van der Waals surface area contributed by atoms with Crippen LogP contribution in [0.25, 0.3) is 0 Å². The minimum Gasteiger partial charge on any atom is -0.492 e. The van der Waals surface area contributed by atoms with Crippen LogP contribution in [0.2, 0.25) is 0 Å². The van der Waals surface area contributed by atoms with Crippen LogP contribution in [0, 0.1) is 0 Å². The van der Waals surface area contributed by atoms with Gasteiger partial charge in [-0.1, -0.05) is 6.92 Å². The van der Waals surface area contributed by atoms with Crippen molar-refractivity contribution in [3.05, 3.63) is 42.2 Å². The monoisotopic (exact) mass is 260 g/mol. The van der Waals surface area contributed by atoms with Gasteiger partial charge in [0.15, 0.2) is 0 Å². The molecule has 0 aliphatic rings. The number of rotatable bonds is 7. The lowest BCUT2D eigenvalue weighted by Crippen LogP contribution is -2.24. The number of pyridine rings is 1. The standard InChI is InChI=1S/C14H20N4O/c1-3-5-16-13(14-17-6-7-18-14)11-8-12(19-4-2)10-15-9-11/h6-10,13,16H,3-5H2,1-2H3,(H,17,18). The van der Waals surface area contributed by atoms with E-state index >= 15 is 0 Å². The molecule has 0 saturated heterocycles. The quantitative estimate of drug-likeness (QED) is 0.801. The number of H-pyrrole nitrogens is 1. The van der Waals surface area contributed by atoms with E-state index in [1.54, 1.807) is 12.4 Å². The Labute approximate surface area is 113 Å². The van der Waals surface area contributed by atoms with Crippen molar-refractivity contribution in [2.75, 3.05) is 13.2 Å². The molecule has 0 aliphatic carbocycles. The molecule has 0 radical (unpaired) electrons. The molecule has 5 heteroatoms. The van der Waals surface area contributed by atoms with Crippen LogP contribution in [-0.4, -0.2) is 28.1 Å². The predicted molar refractivity (Wildman–Crippen MR) is 74.1 cm³/mol. The topological polar surface area (TPSA) is 62.8 Å². The third-order valence-corrected chi connectivity index (χ3v) is 2.77. The van der Waals surface area contributed by atoms with Crippen molar-refractivity contribution in [2.24, 2.45) is 0 Å². The van der Waals surface area contributed by atoms with Crippen LogP contribution < -0.4 is 10.1 Å². The first kappa shape index (κ1) is 13.5. The molecule has 1 atom stereocenters. The SMILES string of the molecule is CCCNC(c1cncc(OCC)c1)c1ncc[nH]1. The lowest BCUT2D eigenvalue weighted by atomic mass is 10.1. The van der Waals surface area contributed by atoms with Gasteiger partial charge in [-0.25, -0.2) is 4.98 Å². The van der Waals surface area contributed by atoms with Gasteiger partial charge in [0.1, 0.15) is 11.6 Å². The van der Waals surface area contributed by atoms with Crippen molar-refractivity contribution < 1.29 is 4.74 Å². The molecule has 2 rings (SSSR count). The van der Waals surface area contributed by atoms with Crippen molar-refractivity contribution in [1.29, 1.82) is 0 Å². The highest BCUT2D eigenvalue weighted by Gasteiger charge is 2.16. The predicted octanol–water partition coefficient (Wildman–Crippen LogP) is 2.29. The van der Waals surface area contributed by atoms with E-state index in [1.165, 1.54) is 0 Å². The minimum atomic E-state index is 0.0165. The Hall–Kier alpha value is -1.88. The maximum absolute atomic E-state index is 5.50. The summed E-state index contributed by atoms with van der Waals surface area (Å²) < 4.78 is 5.50. The maximum Gasteiger partial charge on any atom is 0.137 e. The highest BCUT2D eigenvalue weighted by atomic mass is 16.5. The van der Waals surface area contributed by atoms with Gasteiger partial charge in [0.25, 0.3) is 0 Å². The number of aromatic amines is 1. The number of aromatic nitrogens is 3. The number of hydrogen-bond donors (Lipinski definition) is 2. The summed E-state index contributed by atoms with van der Waals surface area (Å²) in [5.41, 5.74) is 1.05. The molecule has 0 bridgehead atoms. The molecule has 0 aromatic carbocycles. The highest BCUT2D eigenvalue weighted by molar-refractivity contribution is 5.29. The van der Waals surface area contributed by atoms with Gasteiger partial charge >= 0.3 is 0 Å². The molecule has 1 unspecified atom stereocenters. The number of hydrogen-bond acceptors (Lipinski definition) is 4. The molecular weight excluding hydrogens is 240 g/mol. The van der Waals surface area contributed by atoms with E-state index in [4.69, 9.17) is 4.74 Å². The van der Waals surface area contributed by atoms with Crippen LogP contribution >= 0.6 is 0 Å². The van der Waals surface area contributed by atoms with E-state index in [2.05, 4.69) is 27.2 Å². The van der Waals surface area contributed by atoms with Gasteiger partial charge in [-0.2, -0.15) is 0 Å². The lowest BCUT2D eigenvalue weighted by molar-refractivity contribution is 0.338. The molecule has 0 fully saturated rings. The van der Waals surface area contributed by atoms with Gasteiger partial charge in [-0.3, -0.25) is 4.98 Å². The van der Waals surface area contributed by atoms with Crippen molar-refractivity contribution in [2.45, 2.75) is 26.3 Å². The Balaban J connectivity index is 2.24. The average Bonchev–Trinajstić information content (AvgIpc) is 2.94. The van der Waals surface area contributed by atoms with E-state index in [-0.39, 0.29) is 6.04 Å². The smallest absolute Gasteiger partial charge is 0.137 e. The second-order valence-electron chi connectivity index (χ2n) is 4.25. The van der Waals surface area contributed by atoms with Gasteiger partial charge in [0.05, 0.1) is 18.8 Å². The summed E-state index contributed by atoms with van der Waals surface area (Å²) in [6, 6.07) is 2.02. The van der Waals surface area contributed by atoms with E-state index in [9.17, 15) is 0 Å². The largest absolute Gasteiger partial charge is 0.492 e. The first-order valence-corrected chi connectivity index (χ1v) is 6.65. The zero-order valence-corrected chi connectivity index (χ0v) is 11.4. The molecule has 2 aromatic heterocycles. The summed E-state index contributed by atoms with van der Waals surface area (Å²) >= 11 is 0. The molecule has 0 aliphatic heterocycles. The van der Waals surface area contributed by atoms with Crippen LogP contribution in [0.15, 0.2) is 30.9 Å². The van der Waals surface area contributed by atoms with Gasteiger partial charge in [-0.15, -0.1) is 0 Å². The zero-order valence-electron chi connectivity index (χ0n) is 11.4. The van der Waals surface area contributed by atoms with Gasteiger partial charge in [-0.05, 0) is 31.5 Å². The fraction of sp³-hybridized carbons (Fsp3) is 0.429. The maximum atomic E-state index is 5.50. The molecule has 19 heavy (non-hydrogen) atoms. The van der Waals surface area contributed by atoms with Gasteiger partial charge in [0, 0.05) is 18.6 Å². The summed E-state index contributed by atoms with van der Waals surface area (Å²) in [4.78, 5) is 11.7. The minimum absolute atomic E-state index is 0.0165. The Morgan fingerprint density at radius 1 is 1.37 bits per heavy atom. The summed E-state index contributed by atoms with van der Waals surface area (Å²) in [6.07, 6.45) is 8.23. The molecule has 0 spiro atoms. The van der Waals surface area contributed by atoms with Gasteiger partial charge < -0.3 is 15.0 Å². The second kappa shape index (κ2) is 6.89. The Morgan fingerprint density at radius 3 is 2.95 bits per heavy atom. The second-order valence-corrected chi connectivity index (χ2v) is 4.25. The third-order valence-electron chi connectivity index (χ3n) is 2.77. The Bertz CT molecular complexity index is 484. The Kier molecular flexibility index (Phi) is 4.92. The number of nitrogens with one attached hydrogen (secondary N) is 2. The van der Waals surface area contributed by atoms with Crippen molar-refractivity contribution in [3.8, 4) is 5.75 Å². The van der Waals surface area contributed by atoms with Crippen molar-refractivity contribution >= 4 is 0 Å². The number of nitrogens with zero attached hydrogens (tertiary/aromatic N) is 2. The highest BCUT2D eigenvalue weighted by Crippen LogP contribution is 2.22. The summed E-state index contributed by atoms with van der Waals surface area (Å²) in [5, 5.41) is 3.47. The third kappa shape index (κ3) is 3.54. The van der Waals surface area contributed by atoms with Gasteiger partial charge in [0.2, 0.25) is 0 Å². The first-order valence-electron chi connectivity index (χ1n) is 6.65. The summed E-state index contributed by atoms with van der Waals surface area (Å²) in [6.45, 7) is 5.66. The Morgan fingerprint density at radius 2 is 2.26 bits per heavy atom. The number of imidazole rings is 1. The van der Waals surface area contributed by atoms with Crippen LogP contribution in [0.4, 0.5) is 0 Å². The molecule has 2 aromatic rings. The molecule has 0 amide bonds. The van der Waals surface area contributed by atoms with Crippen LogP contribution in [-0.2, 0) is 0 Å². The molecular formula is C14H20N4O. The van der Waals surface area contributed by atoms with E-state index < -0.39 is 0 Å². The molecule has 5 nitrogen and oxygen atoms in total. The normalized spacial score (nSPS) is 12.3. The zero-order chi connectivity index (χ0) is 13.5. The van der Waals surface area contributed by atoms with Crippen LogP contribution in [0.5, 0.6) is 5.75 Å². The van der Waals surface area contributed by atoms with Crippen LogP contribution in [0.3, 0.4) is 0 Å². The number of ether oxygens (including phenoxy) is 1. The molecule has 2 N–H and O–H groups in total. The van der Waals surface area contributed by atoms with Crippen LogP contribution in [0.1, 0.15) is 37.7 Å². The van der Waals surface area contributed by atoms with E-state index in [0.717, 1.165) is 30.1 Å². The fourth-order valence-electron chi connectivity index (χ4n) is 1.94. The summed E-state index contributed by atoms with van der Waals surface area (Å²) in [5.74, 6) is 1.68. The average molecular weight is 260 g/mol. The lowest BCUT2D eigenvalue weighted by Gasteiger charge is -2.17. The van der Waals surface area contributed by atoms with Crippen molar-refractivity contribution in [1.82, 2.24) is 20.3 Å².